The van der Waals surface area contributed by atoms with E-state index in [1.54, 1.807) is 0 Å². The molecule has 0 bridgehead atoms. The topological polar surface area (TPSA) is 77.6 Å². The van der Waals surface area contributed by atoms with Crippen molar-refractivity contribution in [1.82, 2.24) is 24.9 Å². The summed E-state index contributed by atoms with van der Waals surface area (Å²) < 4.78 is 6.48. The van der Waals surface area contributed by atoms with Gasteiger partial charge in [0.2, 0.25) is 0 Å². The Morgan fingerprint density at radius 2 is 0.735 bits per heavy atom. The number of aromatic nitrogens is 5. The molecule has 0 aliphatic heterocycles. The molecule has 0 aliphatic carbocycles. The Balaban J connectivity index is 1.22. The third kappa shape index (κ3) is 5.41. The SMILES string of the molecule is c1ccc(-c2ccc(-c3nc(-c4ccccc4)nc(-c4ccc5oc6c(-c7ccccc7)nc(-c7ccccc7)nc6c5c4)n3)cc2)cc1. The number of benzene rings is 6. The Bertz CT molecular complexity index is 2570. The standard InChI is InChI=1S/C43H27N5O/c1-5-13-28(14-6-1)29-21-23-33(24-22-29)42-46-41(32-19-11-4-12-20-32)47-43(48-42)34-25-26-36-35(27-34)38-39(49-36)37(30-15-7-2-8-16-30)44-40(45-38)31-17-9-3-10-18-31/h1-27H. The van der Waals surface area contributed by atoms with Gasteiger partial charge in [-0.25, -0.2) is 24.9 Å². The Labute approximate surface area is 282 Å². The molecule has 0 saturated carbocycles. The molecule has 6 heteroatoms. The van der Waals surface area contributed by atoms with Crippen molar-refractivity contribution in [1.29, 1.82) is 0 Å². The van der Waals surface area contributed by atoms with E-state index in [-0.39, 0.29) is 0 Å². The van der Waals surface area contributed by atoms with Gasteiger partial charge in [-0.15, -0.1) is 0 Å². The predicted molar refractivity (Wildman–Crippen MR) is 195 cm³/mol. The lowest BCUT2D eigenvalue weighted by Crippen LogP contribution is -2.00. The van der Waals surface area contributed by atoms with Gasteiger partial charge < -0.3 is 4.42 Å². The van der Waals surface area contributed by atoms with Crippen LogP contribution in [0, 0.1) is 0 Å². The lowest BCUT2D eigenvalue weighted by atomic mass is 10.0. The first-order valence-electron chi connectivity index (χ1n) is 16.1. The van der Waals surface area contributed by atoms with Crippen LogP contribution in [0.4, 0.5) is 0 Å². The largest absolute Gasteiger partial charge is 0.452 e. The maximum atomic E-state index is 6.48. The molecule has 0 spiro atoms. The predicted octanol–water partition coefficient (Wildman–Crippen LogP) is 10.6. The maximum absolute atomic E-state index is 6.48. The summed E-state index contributed by atoms with van der Waals surface area (Å²) in [4.78, 5) is 25.0. The van der Waals surface area contributed by atoms with Gasteiger partial charge in [-0.3, -0.25) is 0 Å². The highest BCUT2D eigenvalue weighted by atomic mass is 16.3. The Morgan fingerprint density at radius 1 is 0.327 bits per heavy atom. The molecule has 9 rings (SSSR count). The lowest BCUT2D eigenvalue weighted by Gasteiger charge is -2.09. The molecule has 3 aromatic heterocycles. The first-order chi connectivity index (χ1) is 24.3. The Morgan fingerprint density at radius 3 is 1.31 bits per heavy atom. The number of hydrogen-bond donors (Lipinski definition) is 0. The van der Waals surface area contributed by atoms with E-state index in [1.807, 2.05) is 121 Å². The molecule has 0 atom stereocenters. The molecule has 230 valence electrons. The molecule has 0 amide bonds. The van der Waals surface area contributed by atoms with Gasteiger partial charge in [0.05, 0.1) is 0 Å². The fraction of sp³-hybridized carbons (Fsp3) is 0. The minimum Gasteiger partial charge on any atom is -0.452 e. The monoisotopic (exact) mass is 629 g/mol. The quantitative estimate of drug-likeness (QED) is 0.182. The summed E-state index contributed by atoms with van der Waals surface area (Å²) in [6.07, 6.45) is 0. The lowest BCUT2D eigenvalue weighted by molar-refractivity contribution is 0.667. The highest BCUT2D eigenvalue weighted by molar-refractivity contribution is 6.08. The van der Waals surface area contributed by atoms with Crippen molar-refractivity contribution in [2.45, 2.75) is 0 Å². The van der Waals surface area contributed by atoms with Crippen LogP contribution in [0.2, 0.25) is 0 Å². The van der Waals surface area contributed by atoms with E-state index in [9.17, 15) is 0 Å². The summed E-state index contributed by atoms with van der Waals surface area (Å²) in [5.74, 6) is 2.39. The van der Waals surface area contributed by atoms with Gasteiger partial charge in [0.25, 0.3) is 0 Å². The van der Waals surface area contributed by atoms with Gasteiger partial charge in [-0.1, -0.05) is 146 Å². The Kier molecular flexibility index (Phi) is 7.02. The van der Waals surface area contributed by atoms with E-state index < -0.39 is 0 Å². The molecule has 0 saturated heterocycles. The molecule has 0 unspecified atom stereocenters. The van der Waals surface area contributed by atoms with Crippen LogP contribution in [0.5, 0.6) is 0 Å². The molecular weight excluding hydrogens is 603 g/mol. The fourth-order valence-corrected chi connectivity index (χ4v) is 6.08. The maximum Gasteiger partial charge on any atom is 0.180 e. The van der Waals surface area contributed by atoms with Gasteiger partial charge in [-0.05, 0) is 29.3 Å². The van der Waals surface area contributed by atoms with Crippen LogP contribution in [0.3, 0.4) is 0 Å². The molecule has 3 heterocycles. The van der Waals surface area contributed by atoms with Crippen LogP contribution in [0.25, 0.3) is 90.0 Å². The van der Waals surface area contributed by atoms with Gasteiger partial charge in [0, 0.05) is 33.2 Å². The van der Waals surface area contributed by atoms with Crippen LogP contribution in [0.15, 0.2) is 168 Å². The minimum atomic E-state index is 0.563. The van der Waals surface area contributed by atoms with Crippen LogP contribution < -0.4 is 0 Å². The van der Waals surface area contributed by atoms with Crippen LogP contribution in [-0.4, -0.2) is 24.9 Å². The zero-order chi connectivity index (χ0) is 32.6. The van der Waals surface area contributed by atoms with Crippen LogP contribution in [0.1, 0.15) is 0 Å². The van der Waals surface area contributed by atoms with Gasteiger partial charge in [-0.2, -0.15) is 0 Å². The molecule has 0 radical (unpaired) electrons. The molecule has 49 heavy (non-hydrogen) atoms. The number of hydrogen-bond acceptors (Lipinski definition) is 6. The molecule has 6 aromatic carbocycles. The van der Waals surface area contributed by atoms with Crippen LogP contribution in [-0.2, 0) is 0 Å². The summed E-state index contributed by atoms with van der Waals surface area (Å²) in [6.45, 7) is 0. The normalized spacial score (nSPS) is 11.3. The third-order valence-electron chi connectivity index (χ3n) is 8.57. The summed E-state index contributed by atoms with van der Waals surface area (Å²) in [5, 5.41) is 0.861. The summed E-state index contributed by atoms with van der Waals surface area (Å²) in [7, 11) is 0. The van der Waals surface area contributed by atoms with Crippen molar-refractivity contribution in [3.8, 4) is 67.9 Å². The number of furan rings is 1. The van der Waals surface area contributed by atoms with E-state index in [0.717, 1.165) is 55.5 Å². The average molecular weight is 630 g/mol. The van der Waals surface area contributed by atoms with Crippen molar-refractivity contribution in [3.05, 3.63) is 164 Å². The van der Waals surface area contributed by atoms with E-state index in [0.29, 0.717) is 34.5 Å². The third-order valence-corrected chi connectivity index (χ3v) is 8.57. The first kappa shape index (κ1) is 28.4. The number of fused-ring (bicyclic) bond motifs is 3. The number of nitrogens with zero attached hydrogens (tertiary/aromatic N) is 5. The minimum absolute atomic E-state index is 0.563. The summed E-state index contributed by atoms with van der Waals surface area (Å²) in [6, 6.07) is 54.8. The van der Waals surface area contributed by atoms with Crippen molar-refractivity contribution in [2.24, 2.45) is 0 Å². The van der Waals surface area contributed by atoms with Crippen molar-refractivity contribution in [2.75, 3.05) is 0 Å². The fourth-order valence-electron chi connectivity index (χ4n) is 6.08. The molecule has 6 nitrogen and oxygen atoms in total. The summed E-state index contributed by atoms with van der Waals surface area (Å²) >= 11 is 0. The van der Waals surface area contributed by atoms with E-state index in [4.69, 9.17) is 29.3 Å². The van der Waals surface area contributed by atoms with Gasteiger partial charge in [0.15, 0.2) is 28.9 Å². The molecule has 0 N–H and O–H groups in total. The highest BCUT2D eigenvalue weighted by Crippen LogP contribution is 2.37. The zero-order valence-corrected chi connectivity index (χ0v) is 26.2. The van der Waals surface area contributed by atoms with Crippen molar-refractivity contribution >= 4 is 22.1 Å². The second-order valence-electron chi connectivity index (χ2n) is 11.7. The second kappa shape index (κ2) is 12.1. The second-order valence-corrected chi connectivity index (χ2v) is 11.7. The molecule has 0 fully saturated rings. The smallest absolute Gasteiger partial charge is 0.180 e. The number of rotatable bonds is 6. The van der Waals surface area contributed by atoms with Crippen LogP contribution >= 0.6 is 0 Å². The van der Waals surface area contributed by atoms with E-state index in [2.05, 4.69) is 42.5 Å². The highest BCUT2D eigenvalue weighted by Gasteiger charge is 2.20. The summed E-state index contributed by atoms with van der Waals surface area (Å²) in [5.41, 5.74) is 9.66. The first-order valence-corrected chi connectivity index (χ1v) is 16.1. The van der Waals surface area contributed by atoms with Crippen molar-refractivity contribution < 1.29 is 4.42 Å². The van der Waals surface area contributed by atoms with Gasteiger partial charge in [0.1, 0.15) is 16.8 Å². The Hall–Kier alpha value is -6.79. The average Bonchev–Trinajstić information content (AvgIpc) is 3.57. The molecule has 0 aliphatic rings. The van der Waals surface area contributed by atoms with Gasteiger partial charge >= 0.3 is 0 Å². The zero-order valence-electron chi connectivity index (χ0n) is 26.2. The molecule has 9 aromatic rings. The van der Waals surface area contributed by atoms with E-state index >= 15 is 0 Å². The van der Waals surface area contributed by atoms with Crippen molar-refractivity contribution in [3.63, 3.8) is 0 Å². The molecular formula is C43H27N5O. The van der Waals surface area contributed by atoms with E-state index in [1.165, 1.54) is 0 Å².